The van der Waals surface area contributed by atoms with Gasteiger partial charge in [0.2, 0.25) is 0 Å². The predicted octanol–water partition coefficient (Wildman–Crippen LogP) is 18.3. The highest BCUT2D eigenvalue weighted by molar-refractivity contribution is 9.11. The Morgan fingerprint density at radius 1 is 0.494 bits per heavy atom. The Balaban J connectivity index is 0.000000107. The second kappa shape index (κ2) is 20.5. The van der Waals surface area contributed by atoms with E-state index in [1.54, 1.807) is 0 Å². The fourth-order valence-corrected chi connectivity index (χ4v) is 14.0. The summed E-state index contributed by atoms with van der Waals surface area (Å²) in [5.74, 6) is 1.74. The quantitative estimate of drug-likeness (QED) is 0.0685. The van der Waals surface area contributed by atoms with Gasteiger partial charge >= 0.3 is 0 Å². The third kappa shape index (κ3) is 8.93. The molecule has 0 saturated carbocycles. The topological polar surface area (TPSA) is 175 Å². The van der Waals surface area contributed by atoms with Crippen molar-refractivity contribution in [1.82, 2.24) is 25.3 Å². The van der Waals surface area contributed by atoms with Gasteiger partial charge in [0.1, 0.15) is 17.7 Å². The number of nitrogens with two attached hydrogens (primary N) is 3. The van der Waals surface area contributed by atoms with E-state index < -0.39 is 0 Å². The normalized spacial score (nSPS) is 14.9. The largest absolute Gasteiger partial charge is 0.399 e. The van der Waals surface area contributed by atoms with Gasteiger partial charge in [0.05, 0.1) is 28.5 Å². The van der Waals surface area contributed by atoms with Gasteiger partial charge in [0.25, 0.3) is 0 Å². The van der Waals surface area contributed by atoms with Crippen molar-refractivity contribution in [1.29, 1.82) is 0 Å². The van der Waals surface area contributed by atoms with E-state index in [9.17, 15) is 0 Å². The second-order valence-electron chi connectivity index (χ2n) is 21.3. The van der Waals surface area contributed by atoms with Gasteiger partial charge < -0.3 is 37.5 Å². The second-order valence-corrected chi connectivity index (χ2v) is 24.9. The average Bonchev–Trinajstić information content (AvgIpc) is 3.26. The molecule has 83 heavy (non-hydrogen) atoms. The van der Waals surface area contributed by atoms with E-state index in [4.69, 9.17) is 32.2 Å². The van der Waals surface area contributed by atoms with Gasteiger partial charge in [-0.05, 0) is 157 Å². The summed E-state index contributed by atoms with van der Waals surface area (Å²) in [5, 5.41) is 15.8. The number of benzene rings is 11. The Kier molecular flexibility index (Phi) is 12.7. The lowest BCUT2D eigenvalue weighted by molar-refractivity contribution is 0.566. The number of hydrogen-bond donors (Lipinski definition) is 7. The summed E-state index contributed by atoms with van der Waals surface area (Å²) in [6, 6.07) is 63.1. The van der Waals surface area contributed by atoms with Gasteiger partial charge in [-0.15, -0.1) is 0 Å². The van der Waals surface area contributed by atoms with Crippen LogP contribution in [0.4, 0.5) is 17.1 Å². The lowest BCUT2D eigenvalue weighted by Gasteiger charge is -2.30. The molecule has 0 fully saturated rings. The summed E-state index contributed by atoms with van der Waals surface area (Å²) in [6.45, 7) is 0.555. The Morgan fingerprint density at radius 3 is 1.76 bits per heavy atom. The Labute approximate surface area is 509 Å². The first-order chi connectivity index (χ1) is 40.5. The number of halogens is 4. The molecule has 10 N–H and O–H groups in total. The zero-order valence-electron chi connectivity index (χ0n) is 44.1. The summed E-state index contributed by atoms with van der Waals surface area (Å²) in [5.41, 5.74) is 36.5. The number of anilines is 2. The molecule has 0 saturated heterocycles. The summed E-state index contributed by atoms with van der Waals surface area (Å²) >= 11 is 14.4. The van der Waals surface area contributed by atoms with E-state index in [0.29, 0.717) is 6.54 Å². The molecule has 3 aromatic heterocycles. The molecule has 14 aromatic rings. The molecule has 17 rings (SSSR count). The van der Waals surface area contributed by atoms with E-state index in [-0.39, 0.29) is 12.1 Å². The number of nitrogens with one attached hydrogen (secondary N) is 4. The molecule has 5 heterocycles. The van der Waals surface area contributed by atoms with Crippen LogP contribution in [-0.4, -0.2) is 31.5 Å². The molecular weight excluding hydrogens is 1290 g/mol. The minimum absolute atomic E-state index is 0.0231. The maximum atomic E-state index is 6.13. The van der Waals surface area contributed by atoms with Crippen LogP contribution >= 0.6 is 63.7 Å². The predicted molar refractivity (Wildman–Crippen MR) is 359 cm³/mol. The highest BCUT2D eigenvalue weighted by Crippen LogP contribution is 2.50. The number of fused-ring (bicyclic) bond motifs is 20. The van der Waals surface area contributed by atoms with Crippen LogP contribution in [-0.2, 0) is 13.0 Å². The van der Waals surface area contributed by atoms with E-state index in [2.05, 4.69) is 236 Å². The van der Waals surface area contributed by atoms with Crippen molar-refractivity contribution in [3.05, 3.63) is 246 Å². The first-order valence-electron chi connectivity index (χ1n) is 27.2. The van der Waals surface area contributed by atoms with Crippen molar-refractivity contribution < 1.29 is 0 Å². The van der Waals surface area contributed by atoms with Crippen molar-refractivity contribution in [3.8, 4) is 22.5 Å². The van der Waals surface area contributed by atoms with E-state index in [1.807, 2.05) is 42.7 Å². The van der Waals surface area contributed by atoms with Gasteiger partial charge in [0.15, 0.2) is 0 Å². The maximum absolute atomic E-state index is 6.13. The molecular formula is C69H48Br4N10. The van der Waals surface area contributed by atoms with E-state index in [1.165, 1.54) is 60.1 Å². The average molecular weight is 1340 g/mol. The van der Waals surface area contributed by atoms with Crippen LogP contribution in [0.3, 0.4) is 0 Å². The first kappa shape index (κ1) is 51.5. The molecule has 14 heteroatoms. The summed E-state index contributed by atoms with van der Waals surface area (Å²) in [6.07, 6.45) is 4.90. The van der Waals surface area contributed by atoms with Crippen LogP contribution in [0, 0.1) is 0 Å². The molecule has 10 nitrogen and oxygen atoms in total. The van der Waals surface area contributed by atoms with Crippen LogP contribution in [0.2, 0.25) is 0 Å². The number of amidine groups is 1. The fourth-order valence-electron chi connectivity index (χ4n) is 12.5. The third-order valence-corrected chi connectivity index (χ3v) is 18.3. The van der Waals surface area contributed by atoms with Crippen molar-refractivity contribution in [2.75, 3.05) is 11.5 Å². The number of H-pyrrole nitrogens is 3. The molecule has 402 valence electrons. The lowest BCUT2D eigenvalue weighted by Crippen LogP contribution is -2.27. The highest BCUT2D eigenvalue weighted by atomic mass is 79.9. The van der Waals surface area contributed by atoms with Gasteiger partial charge in [-0.2, -0.15) is 0 Å². The number of imidazole rings is 1. The maximum Gasteiger partial charge on any atom is 0.140 e. The molecule has 0 spiro atoms. The number of hydrogen-bond acceptors (Lipinski definition) is 7. The number of nitrogens with zero attached hydrogens (tertiary/aromatic N) is 3. The number of aromatic amines is 3. The fraction of sp³-hybridized carbons (Fsp3) is 0.0580. The first-order valence-corrected chi connectivity index (χ1v) is 30.4. The van der Waals surface area contributed by atoms with E-state index in [0.717, 1.165) is 125 Å². The van der Waals surface area contributed by atoms with Crippen LogP contribution in [0.15, 0.2) is 222 Å². The molecule has 0 amide bonds. The van der Waals surface area contributed by atoms with Crippen LogP contribution in [0.25, 0.3) is 98.4 Å². The van der Waals surface area contributed by atoms with E-state index >= 15 is 0 Å². The third-order valence-electron chi connectivity index (χ3n) is 16.3. The molecule has 2 aliphatic heterocycles. The molecule has 11 aromatic carbocycles. The van der Waals surface area contributed by atoms with Gasteiger partial charge in [-0.3, -0.25) is 9.98 Å². The lowest BCUT2D eigenvalue weighted by atomic mass is 9.79. The highest BCUT2D eigenvalue weighted by Gasteiger charge is 2.39. The zero-order chi connectivity index (χ0) is 56.2. The SMILES string of the molecule is Brc1ccc2[nH]cc(-c3nc4c5cc(Br)ccc5c5ccc(Br)cc5c4[nH]3)c2c1.NCc1cccc(C2=Nc3c(c4ccccc4c4ccccc34)C2)c1.Nc1ccc2c(c1)C1N=C(c3c[nH]c4ccc(Br)cc34)NC1c1cc(N)ccc1-2. The Hall–Kier alpha value is -8.37. The number of rotatable bonds is 4. The summed E-state index contributed by atoms with van der Waals surface area (Å²) < 4.78 is 4.18. The standard InChI is InChI=1S/C23H12Br3N3.C23H18BrN5.C23H18N2/c24-11-1-4-14-15-5-2-12(25)9-18(15)22-21(17(14)8-11)28-23(29-22)19-10-27-20-6-3-13(26)7-16(19)20;24-11-1-6-20-16(7-11)19(10-27-20)23-28-21-17-8-12(25)2-4-14(17)15-5-3-13(26)9-18(15)22(21)29-23;24-14-15-6-5-7-16(12-15)22-13-21-19-10-2-1-8-17(19)18-9-3-4-11-20(18)23(21)25-22/h1-10,27H,(H,28,29);1-10,21-22,27H,25-26H2,(H,28,29);1-12H,13-14,24H2. The Bertz CT molecular complexity index is 5010. The minimum atomic E-state index is -0.0464. The molecule has 2 unspecified atom stereocenters. The van der Waals surface area contributed by atoms with Crippen LogP contribution in [0.1, 0.15) is 45.5 Å². The molecule has 2 atom stereocenters. The number of aliphatic imine (C=N–C) groups is 2. The summed E-state index contributed by atoms with van der Waals surface area (Å²) in [4.78, 5) is 25.5. The molecule has 1 aliphatic carbocycles. The van der Waals surface area contributed by atoms with Gasteiger partial charge in [-0.1, -0.05) is 155 Å². The smallest absolute Gasteiger partial charge is 0.140 e. The van der Waals surface area contributed by atoms with Crippen LogP contribution < -0.4 is 22.5 Å². The van der Waals surface area contributed by atoms with Crippen molar-refractivity contribution in [2.45, 2.75) is 25.0 Å². The van der Waals surface area contributed by atoms with Gasteiger partial charge in [-0.25, -0.2) is 4.98 Å². The van der Waals surface area contributed by atoms with Crippen molar-refractivity contribution >= 4 is 168 Å². The minimum Gasteiger partial charge on any atom is -0.399 e. The van der Waals surface area contributed by atoms with Crippen molar-refractivity contribution in [2.24, 2.45) is 15.7 Å². The molecule has 0 bridgehead atoms. The molecule has 0 radical (unpaired) electrons. The molecule has 3 aliphatic rings. The number of nitrogen functional groups attached to an aromatic ring is 2. The number of aromatic nitrogens is 4. The monoisotopic (exact) mass is 1330 g/mol. The Morgan fingerprint density at radius 2 is 1.06 bits per heavy atom. The van der Waals surface area contributed by atoms with Gasteiger partial charge in [0, 0.05) is 104 Å². The van der Waals surface area contributed by atoms with Crippen molar-refractivity contribution in [3.63, 3.8) is 0 Å². The zero-order valence-corrected chi connectivity index (χ0v) is 50.5. The van der Waals surface area contributed by atoms with Crippen LogP contribution in [0.5, 0.6) is 0 Å². The summed E-state index contributed by atoms with van der Waals surface area (Å²) in [7, 11) is 0.